The van der Waals surface area contributed by atoms with Crippen molar-refractivity contribution >= 4 is 54.8 Å². The first-order valence-corrected chi connectivity index (χ1v) is 8.19. The summed E-state index contributed by atoms with van der Waals surface area (Å²) in [6, 6.07) is 8.52. The molecule has 0 bridgehead atoms. The minimum atomic E-state index is 0.173. The molecular formula is C13H12Br2ClNS. The van der Waals surface area contributed by atoms with Crippen LogP contribution in [0.4, 0.5) is 0 Å². The van der Waals surface area contributed by atoms with E-state index < -0.39 is 0 Å². The average Bonchev–Trinajstić information content (AvgIpc) is 2.63. The Labute approximate surface area is 133 Å². The molecule has 1 aromatic heterocycles. The first-order valence-electron chi connectivity index (χ1n) is 5.41. The van der Waals surface area contributed by atoms with Gasteiger partial charge in [-0.1, -0.05) is 33.6 Å². The van der Waals surface area contributed by atoms with Gasteiger partial charge in [-0.25, -0.2) is 0 Å². The highest BCUT2D eigenvalue weighted by atomic mass is 79.9. The quantitative estimate of drug-likeness (QED) is 0.701. The maximum atomic E-state index is 6.11. The normalized spacial score (nSPS) is 12.7. The molecule has 0 aliphatic rings. The molecule has 1 atom stereocenters. The molecule has 18 heavy (non-hydrogen) atoms. The Morgan fingerprint density at radius 1 is 1.28 bits per heavy atom. The molecule has 0 saturated heterocycles. The van der Waals surface area contributed by atoms with E-state index >= 15 is 0 Å². The maximum absolute atomic E-state index is 6.11. The van der Waals surface area contributed by atoms with Crippen LogP contribution in [0.2, 0.25) is 5.02 Å². The zero-order valence-corrected chi connectivity index (χ0v) is 14.7. The van der Waals surface area contributed by atoms with Crippen LogP contribution in [0.5, 0.6) is 0 Å². The van der Waals surface area contributed by atoms with E-state index in [1.807, 2.05) is 13.1 Å². The minimum absolute atomic E-state index is 0.173. The molecule has 0 spiro atoms. The lowest BCUT2D eigenvalue weighted by atomic mass is 10.0. The van der Waals surface area contributed by atoms with Crippen LogP contribution in [-0.2, 0) is 0 Å². The van der Waals surface area contributed by atoms with Gasteiger partial charge in [0.05, 0.1) is 14.9 Å². The van der Waals surface area contributed by atoms with E-state index in [0.29, 0.717) is 0 Å². The number of hydrogen-bond acceptors (Lipinski definition) is 2. The molecule has 0 radical (unpaired) electrons. The fourth-order valence-electron chi connectivity index (χ4n) is 1.92. The Hall–Kier alpha value is 0.130. The van der Waals surface area contributed by atoms with Gasteiger partial charge in [-0.2, -0.15) is 0 Å². The van der Waals surface area contributed by atoms with Crippen LogP contribution in [0.15, 0.2) is 32.5 Å². The van der Waals surface area contributed by atoms with Crippen LogP contribution in [0.3, 0.4) is 0 Å². The van der Waals surface area contributed by atoms with E-state index in [2.05, 4.69) is 62.3 Å². The van der Waals surface area contributed by atoms with E-state index in [1.54, 1.807) is 11.3 Å². The summed E-state index contributed by atoms with van der Waals surface area (Å²) in [5.74, 6) is 0. The van der Waals surface area contributed by atoms with Crippen LogP contribution < -0.4 is 5.32 Å². The van der Waals surface area contributed by atoms with E-state index in [0.717, 1.165) is 13.3 Å². The van der Waals surface area contributed by atoms with Gasteiger partial charge in [-0.3, -0.25) is 0 Å². The molecule has 1 heterocycles. The predicted octanol–water partition coefficient (Wildman–Crippen LogP) is 5.54. The van der Waals surface area contributed by atoms with Crippen molar-refractivity contribution in [2.24, 2.45) is 0 Å². The third kappa shape index (κ3) is 2.99. The monoisotopic (exact) mass is 407 g/mol. The van der Waals surface area contributed by atoms with Crippen molar-refractivity contribution in [3.05, 3.63) is 53.6 Å². The summed E-state index contributed by atoms with van der Waals surface area (Å²) in [6.07, 6.45) is 0. The highest BCUT2D eigenvalue weighted by Gasteiger charge is 2.18. The van der Waals surface area contributed by atoms with Crippen LogP contribution >= 0.6 is 54.8 Å². The van der Waals surface area contributed by atoms with Gasteiger partial charge in [0.25, 0.3) is 0 Å². The van der Waals surface area contributed by atoms with Gasteiger partial charge < -0.3 is 5.32 Å². The summed E-state index contributed by atoms with van der Waals surface area (Å²) >= 11 is 14.7. The molecule has 1 aromatic carbocycles. The zero-order chi connectivity index (χ0) is 13.3. The fraction of sp³-hybridized carbons (Fsp3) is 0.231. The van der Waals surface area contributed by atoms with Crippen LogP contribution in [0.1, 0.15) is 22.0 Å². The SMILES string of the molecule is CNC(c1cc(Cl)c(Br)s1)c1ccc(Br)cc1C. The molecule has 0 saturated carbocycles. The molecule has 96 valence electrons. The molecule has 0 aliphatic carbocycles. The number of nitrogens with one attached hydrogen (secondary N) is 1. The molecular weight excluding hydrogens is 397 g/mol. The standard InChI is InChI=1S/C13H12Br2ClNS/c1-7-5-8(14)3-4-9(7)12(17-2)11-6-10(16)13(15)18-11/h3-6,12,17H,1-2H3. The van der Waals surface area contributed by atoms with Crippen LogP contribution in [0, 0.1) is 6.92 Å². The summed E-state index contributed by atoms with van der Waals surface area (Å²) in [4.78, 5) is 1.21. The first-order chi connectivity index (χ1) is 8.52. The number of rotatable bonds is 3. The van der Waals surface area contributed by atoms with Gasteiger partial charge in [0.2, 0.25) is 0 Å². The van der Waals surface area contributed by atoms with E-state index in [-0.39, 0.29) is 6.04 Å². The number of aryl methyl sites for hydroxylation is 1. The lowest BCUT2D eigenvalue weighted by Crippen LogP contribution is -2.17. The second kappa shape index (κ2) is 6.06. The summed E-state index contributed by atoms with van der Waals surface area (Å²) < 4.78 is 2.08. The number of halogens is 3. The number of hydrogen-bond donors (Lipinski definition) is 1. The Bertz CT molecular complexity index is 549. The van der Waals surface area contributed by atoms with Crippen molar-refractivity contribution in [3.63, 3.8) is 0 Å². The van der Waals surface area contributed by atoms with Gasteiger partial charge >= 0.3 is 0 Å². The van der Waals surface area contributed by atoms with Crippen molar-refractivity contribution in [2.45, 2.75) is 13.0 Å². The molecule has 0 amide bonds. The lowest BCUT2D eigenvalue weighted by molar-refractivity contribution is 0.699. The molecule has 0 fully saturated rings. The predicted molar refractivity (Wildman–Crippen MR) is 86.8 cm³/mol. The maximum Gasteiger partial charge on any atom is 0.0888 e. The number of benzene rings is 1. The molecule has 1 N–H and O–H groups in total. The summed E-state index contributed by atoms with van der Waals surface area (Å²) in [5, 5.41) is 4.12. The molecule has 5 heteroatoms. The summed E-state index contributed by atoms with van der Waals surface area (Å²) in [7, 11) is 1.97. The molecule has 1 nitrogen and oxygen atoms in total. The third-order valence-corrected chi connectivity index (χ3v) is 5.81. The number of thiophene rings is 1. The van der Waals surface area contributed by atoms with Gasteiger partial charge in [-0.15, -0.1) is 11.3 Å². The van der Waals surface area contributed by atoms with Gasteiger partial charge in [0, 0.05) is 9.35 Å². The van der Waals surface area contributed by atoms with Crippen molar-refractivity contribution in [1.82, 2.24) is 5.32 Å². The van der Waals surface area contributed by atoms with Crippen molar-refractivity contribution in [2.75, 3.05) is 7.05 Å². The van der Waals surface area contributed by atoms with Gasteiger partial charge in [-0.05, 0) is 59.2 Å². The summed E-state index contributed by atoms with van der Waals surface area (Å²) in [6.45, 7) is 2.12. The van der Waals surface area contributed by atoms with E-state index in [1.165, 1.54) is 16.0 Å². The van der Waals surface area contributed by atoms with Crippen molar-refractivity contribution < 1.29 is 0 Å². The van der Waals surface area contributed by atoms with Crippen molar-refractivity contribution in [1.29, 1.82) is 0 Å². The van der Waals surface area contributed by atoms with E-state index in [9.17, 15) is 0 Å². The molecule has 0 aliphatic heterocycles. The van der Waals surface area contributed by atoms with Crippen LogP contribution in [0.25, 0.3) is 0 Å². The zero-order valence-electron chi connectivity index (χ0n) is 9.93. The smallest absolute Gasteiger partial charge is 0.0888 e. The Morgan fingerprint density at radius 2 is 2.00 bits per heavy atom. The Morgan fingerprint density at radius 3 is 2.50 bits per heavy atom. The fourth-order valence-corrected chi connectivity index (χ4v) is 4.27. The van der Waals surface area contributed by atoms with Gasteiger partial charge in [0.1, 0.15) is 0 Å². The highest BCUT2D eigenvalue weighted by molar-refractivity contribution is 9.11. The molecule has 2 rings (SSSR count). The Balaban J connectivity index is 2.45. The highest BCUT2D eigenvalue weighted by Crippen LogP contribution is 2.38. The largest absolute Gasteiger partial charge is 0.309 e. The summed E-state index contributed by atoms with van der Waals surface area (Å²) in [5.41, 5.74) is 2.52. The Kier molecular flexibility index (Phi) is 4.89. The third-order valence-electron chi connectivity index (χ3n) is 2.78. The first kappa shape index (κ1) is 14.5. The van der Waals surface area contributed by atoms with Crippen LogP contribution in [-0.4, -0.2) is 7.05 Å². The van der Waals surface area contributed by atoms with Gasteiger partial charge in [0.15, 0.2) is 0 Å². The van der Waals surface area contributed by atoms with E-state index in [4.69, 9.17) is 11.6 Å². The minimum Gasteiger partial charge on any atom is -0.309 e. The second-order valence-corrected chi connectivity index (χ2v) is 7.72. The lowest BCUT2D eigenvalue weighted by Gasteiger charge is -2.17. The van der Waals surface area contributed by atoms with Crippen molar-refractivity contribution in [3.8, 4) is 0 Å². The average molecular weight is 410 g/mol. The molecule has 1 unspecified atom stereocenters. The molecule has 2 aromatic rings. The topological polar surface area (TPSA) is 12.0 Å². The second-order valence-electron chi connectivity index (χ2n) is 3.99.